The van der Waals surface area contributed by atoms with E-state index in [4.69, 9.17) is 0 Å². The minimum atomic E-state index is -0.250. The number of amides is 1. The number of rotatable bonds is 4. The summed E-state index contributed by atoms with van der Waals surface area (Å²) in [5.74, 6) is 1.05. The zero-order valence-corrected chi connectivity index (χ0v) is 11.9. The Balaban J connectivity index is 1.80. The first kappa shape index (κ1) is 14.7. The van der Waals surface area contributed by atoms with Crippen molar-refractivity contribution in [3.8, 4) is 11.5 Å². The van der Waals surface area contributed by atoms with Gasteiger partial charge in [0, 0.05) is 18.2 Å². The van der Waals surface area contributed by atoms with Crippen molar-refractivity contribution in [3.05, 3.63) is 23.8 Å². The third-order valence-electron chi connectivity index (χ3n) is 4.05. The van der Waals surface area contributed by atoms with E-state index in [1.165, 1.54) is 43.9 Å². The molecule has 0 spiro atoms. The van der Waals surface area contributed by atoms with E-state index in [-0.39, 0.29) is 17.4 Å². The molecule has 0 aromatic heterocycles. The highest BCUT2D eigenvalue weighted by Crippen LogP contribution is 2.30. The number of hydrogen-bond donors (Lipinski definition) is 3. The molecule has 4 nitrogen and oxygen atoms in total. The lowest BCUT2D eigenvalue weighted by Gasteiger charge is -2.26. The number of hydrogen-bond acceptors (Lipinski definition) is 3. The SMILES string of the molecule is CC1CCCC(CCNC(=O)c2cc(O)cc(O)c2)C1. The highest BCUT2D eigenvalue weighted by atomic mass is 16.3. The Labute approximate surface area is 119 Å². The third-order valence-corrected chi connectivity index (χ3v) is 4.05. The van der Waals surface area contributed by atoms with Crippen LogP contribution in [0.4, 0.5) is 0 Å². The van der Waals surface area contributed by atoms with Gasteiger partial charge in [-0.05, 0) is 36.8 Å². The lowest BCUT2D eigenvalue weighted by Crippen LogP contribution is -2.27. The Kier molecular flexibility index (Phi) is 4.88. The van der Waals surface area contributed by atoms with Gasteiger partial charge in [0.15, 0.2) is 0 Å². The largest absolute Gasteiger partial charge is 0.508 e. The molecular weight excluding hydrogens is 254 g/mol. The van der Waals surface area contributed by atoms with Crippen LogP contribution in [0.3, 0.4) is 0 Å². The Morgan fingerprint density at radius 2 is 1.95 bits per heavy atom. The van der Waals surface area contributed by atoms with Gasteiger partial charge in [-0.2, -0.15) is 0 Å². The maximum atomic E-state index is 11.9. The van der Waals surface area contributed by atoms with Gasteiger partial charge in [0.05, 0.1) is 0 Å². The monoisotopic (exact) mass is 277 g/mol. The van der Waals surface area contributed by atoms with Crippen LogP contribution in [0.2, 0.25) is 0 Å². The maximum absolute atomic E-state index is 11.9. The molecule has 1 aromatic rings. The van der Waals surface area contributed by atoms with Crippen molar-refractivity contribution in [1.82, 2.24) is 5.32 Å². The van der Waals surface area contributed by atoms with Gasteiger partial charge < -0.3 is 15.5 Å². The summed E-state index contributed by atoms with van der Waals surface area (Å²) in [5.41, 5.74) is 0.291. The molecule has 110 valence electrons. The average molecular weight is 277 g/mol. The van der Waals surface area contributed by atoms with Crippen LogP contribution in [-0.4, -0.2) is 22.7 Å². The van der Waals surface area contributed by atoms with Crippen LogP contribution in [0.1, 0.15) is 49.4 Å². The molecule has 1 amide bonds. The van der Waals surface area contributed by atoms with Gasteiger partial charge in [-0.15, -0.1) is 0 Å². The molecule has 1 aromatic carbocycles. The summed E-state index contributed by atoms with van der Waals surface area (Å²) < 4.78 is 0. The fourth-order valence-corrected chi connectivity index (χ4v) is 3.04. The van der Waals surface area contributed by atoms with Crippen LogP contribution in [0.5, 0.6) is 11.5 Å². The number of phenols is 2. The van der Waals surface area contributed by atoms with E-state index >= 15 is 0 Å². The van der Waals surface area contributed by atoms with Crippen LogP contribution in [0, 0.1) is 11.8 Å². The van der Waals surface area contributed by atoms with Crippen molar-refractivity contribution in [2.75, 3.05) is 6.54 Å². The summed E-state index contributed by atoms with van der Waals surface area (Å²) in [6, 6.07) is 3.93. The number of aromatic hydroxyl groups is 2. The second-order valence-electron chi connectivity index (χ2n) is 5.92. The van der Waals surface area contributed by atoms with Gasteiger partial charge in [-0.1, -0.05) is 26.2 Å². The Bertz CT molecular complexity index is 453. The van der Waals surface area contributed by atoms with E-state index in [0.29, 0.717) is 18.0 Å². The number of phenolic OH excluding ortho intramolecular Hbond substituents is 2. The molecule has 3 N–H and O–H groups in total. The molecule has 0 heterocycles. The molecule has 4 heteroatoms. The van der Waals surface area contributed by atoms with Gasteiger partial charge >= 0.3 is 0 Å². The molecule has 1 saturated carbocycles. The molecule has 0 bridgehead atoms. The molecule has 2 atom stereocenters. The summed E-state index contributed by atoms with van der Waals surface area (Å²) >= 11 is 0. The van der Waals surface area contributed by atoms with E-state index in [1.807, 2.05) is 0 Å². The summed E-state index contributed by atoms with van der Waals surface area (Å²) in [6.07, 6.45) is 6.13. The third kappa shape index (κ3) is 4.15. The minimum absolute atomic E-state index is 0.101. The normalized spacial score (nSPS) is 22.4. The predicted molar refractivity (Wildman–Crippen MR) is 77.8 cm³/mol. The number of nitrogens with one attached hydrogen (secondary N) is 1. The molecule has 20 heavy (non-hydrogen) atoms. The molecule has 0 radical (unpaired) electrons. The first-order chi connectivity index (χ1) is 9.54. The summed E-state index contributed by atoms with van der Waals surface area (Å²) in [7, 11) is 0. The van der Waals surface area contributed by atoms with Gasteiger partial charge in [0.2, 0.25) is 0 Å². The van der Waals surface area contributed by atoms with Crippen molar-refractivity contribution < 1.29 is 15.0 Å². The van der Waals surface area contributed by atoms with E-state index < -0.39 is 0 Å². The van der Waals surface area contributed by atoms with Crippen molar-refractivity contribution in [2.45, 2.75) is 39.0 Å². The zero-order chi connectivity index (χ0) is 14.5. The fraction of sp³-hybridized carbons (Fsp3) is 0.562. The van der Waals surface area contributed by atoms with Crippen LogP contribution >= 0.6 is 0 Å². The molecule has 1 aliphatic rings. The van der Waals surface area contributed by atoms with E-state index in [9.17, 15) is 15.0 Å². The standard InChI is InChI=1S/C16H23NO3/c1-11-3-2-4-12(7-11)5-6-17-16(20)13-8-14(18)10-15(19)9-13/h8-12,18-19H,2-7H2,1H3,(H,17,20). The second kappa shape index (κ2) is 6.64. The van der Waals surface area contributed by atoms with E-state index in [1.54, 1.807) is 0 Å². The van der Waals surface area contributed by atoms with Gasteiger partial charge in [0.25, 0.3) is 5.91 Å². The second-order valence-corrected chi connectivity index (χ2v) is 5.92. The Morgan fingerprint density at radius 1 is 1.25 bits per heavy atom. The quantitative estimate of drug-likeness (QED) is 0.792. The van der Waals surface area contributed by atoms with Gasteiger partial charge in [0.1, 0.15) is 11.5 Å². The molecule has 1 aliphatic carbocycles. The number of carbonyl (C=O) groups excluding carboxylic acids is 1. The van der Waals surface area contributed by atoms with Crippen LogP contribution in [-0.2, 0) is 0 Å². The van der Waals surface area contributed by atoms with Crippen LogP contribution in [0.15, 0.2) is 18.2 Å². The smallest absolute Gasteiger partial charge is 0.251 e. The van der Waals surface area contributed by atoms with Crippen LogP contribution in [0.25, 0.3) is 0 Å². The van der Waals surface area contributed by atoms with Crippen molar-refractivity contribution >= 4 is 5.91 Å². The first-order valence-electron chi connectivity index (χ1n) is 7.36. The number of carbonyl (C=O) groups is 1. The van der Waals surface area contributed by atoms with Crippen LogP contribution < -0.4 is 5.32 Å². The summed E-state index contributed by atoms with van der Waals surface area (Å²) in [4.78, 5) is 11.9. The zero-order valence-electron chi connectivity index (χ0n) is 11.9. The highest BCUT2D eigenvalue weighted by molar-refractivity contribution is 5.95. The summed E-state index contributed by atoms with van der Waals surface area (Å²) in [5, 5.41) is 21.6. The first-order valence-corrected chi connectivity index (χ1v) is 7.36. The average Bonchev–Trinajstić information content (AvgIpc) is 2.37. The molecule has 1 fully saturated rings. The minimum Gasteiger partial charge on any atom is -0.508 e. The fourth-order valence-electron chi connectivity index (χ4n) is 3.04. The Morgan fingerprint density at radius 3 is 2.60 bits per heavy atom. The maximum Gasteiger partial charge on any atom is 0.251 e. The van der Waals surface area contributed by atoms with Crippen molar-refractivity contribution in [1.29, 1.82) is 0 Å². The van der Waals surface area contributed by atoms with Crippen molar-refractivity contribution in [3.63, 3.8) is 0 Å². The lowest BCUT2D eigenvalue weighted by molar-refractivity contribution is 0.0949. The topological polar surface area (TPSA) is 69.6 Å². The Hall–Kier alpha value is -1.71. The van der Waals surface area contributed by atoms with E-state index in [2.05, 4.69) is 12.2 Å². The van der Waals surface area contributed by atoms with Gasteiger partial charge in [-0.25, -0.2) is 0 Å². The van der Waals surface area contributed by atoms with E-state index in [0.717, 1.165) is 12.3 Å². The highest BCUT2D eigenvalue weighted by Gasteiger charge is 2.18. The predicted octanol–water partition coefficient (Wildman–Crippen LogP) is 3.04. The molecule has 0 aliphatic heterocycles. The lowest BCUT2D eigenvalue weighted by atomic mass is 9.81. The van der Waals surface area contributed by atoms with Crippen molar-refractivity contribution in [2.24, 2.45) is 11.8 Å². The molecular formula is C16H23NO3. The molecule has 2 unspecified atom stereocenters. The van der Waals surface area contributed by atoms with Gasteiger partial charge in [-0.3, -0.25) is 4.79 Å². The summed E-state index contributed by atoms with van der Waals surface area (Å²) in [6.45, 7) is 2.94. The molecule has 2 rings (SSSR count). The molecule has 0 saturated heterocycles. The number of benzene rings is 1.